The Hall–Kier alpha value is -4.43. The van der Waals surface area contributed by atoms with Gasteiger partial charge in [-0.05, 0) is 29.8 Å². The minimum atomic E-state index is 0.168. The molecule has 5 heterocycles. The zero-order valence-corrected chi connectivity index (χ0v) is 20.0. The van der Waals surface area contributed by atoms with E-state index in [1.807, 2.05) is 49.4 Å². The number of hydrogen-bond donors (Lipinski definition) is 2. The summed E-state index contributed by atoms with van der Waals surface area (Å²) >= 11 is 6.21. The summed E-state index contributed by atoms with van der Waals surface area (Å²) < 4.78 is 0. The maximum Gasteiger partial charge on any atom is 0.181 e. The highest BCUT2D eigenvalue weighted by atomic mass is 35.5. The molecule has 8 nitrogen and oxygen atoms in total. The number of rotatable bonds is 6. The van der Waals surface area contributed by atoms with Crippen molar-refractivity contribution in [2.24, 2.45) is 0 Å². The summed E-state index contributed by atoms with van der Waals surface area (Å²) in [5.41, 5.74) is 7.28. The second-order valence-electron chi connectivity index (χ2n) is 8.48. The highest BCUT2D eigenvalue weighted by molar-refractivity contribution is 6.30. The normalized spacial score (nSPS) is 11.4. The number of benzene rings is 1. The molecule has 0 atom stereocenters. The smallest absolute Gasteiger partial charge is 0.181 e. The van der Waals surface area contributed by atoms with Gasteiger partial charge in [0.2, 0.25) is 0 Å². The third-order valence-electron chi connectivity index (χ3n) is 6.11. The first-order valence-corrected chi connectivity index (χ1v) is 11.9. The minimum absolute atomic E-state index is 0.168. The third kappa shape index (κ3) is 4.01. The summed E-state index contributed by atoms with van der Waals surface area (Å²) in [6, 6.07) is 13.5. The van der Waals surface area contributed by atoms with E-state index in [9.17, 15) is 4.79 Å². The van der Waals surface area contributed by atoms with Crippen molar-refractivity contribution in [1.29, 1.82) is 0 Å². The molecule has 0 saturated heterocycles. The molecule has 0 unspecified atom stereocenters. The number of hydrogen-bond acceptors (Lipinski definition) is 6. The summed E-state index contributed by atoms with van der Waals surface area (Å²) in [6.07, 6.45) is 7.92. The van der Waals surface area contributed by atoms with Crippen LogP contribution in [0, 0.1) is 0 Å². The van der Waals surface area contributed by atoms with Gasteiger partial charge in [0.15, 0.2) is 11.5 Å². The summed E-state index contributed by atoms with van der Waals surface area (Å²) in [4.78, 5) is 33.3. The van der Waals surface area contributed by atoms with Crippen LogP contribution in [-0.4, -0.2) is 40.9 Å². The number of aromatic amines is 2. The molecule has 6 aromatic rings. The van der Waals surface area contributed by atoms with E-state index in [2.05, 4.69) is 30.1 Å². The minimum Gasteiger partial charge on any atom is -0.335 e. The molecule has 0 saturated carbocycles. The lowest BCUT2D eigenvalue weighted by molar-refractivity contribution is -0.118. The lowest BCUT2D eigenvalue weighted by atomic mass is 10.1. The summed E-state index contributed by atoms with van der Waals surface area (Å²) in [5.74, 6) is 0.801. The fraction of sp³-hybridized carbons (Fsp3) is 0.111. The van der Waals surface area contributed by atoms with Gasteiger partial charge >= 0.3 is 0 Å². The van der Waals surface area contributed by atoms with Crippen LogP contribution in [0.3, 0.4) is 0 Å². The first-order chi connectivity index (χ1) is 17.6. The van der Waals surface area contributed by atoms with Crippen LogP contribution in [0.2, 0.25) is 5.02 Å². The Kier molecular flexibility index (Phi) is 5.50. The van der Waals surface area contributed by atoms with Crippen LogP contribution in [0.25, 0.3) is 55.8 Å². The molecule has 5 aromatic heterocycles. The maximum atomic E-state index is 11.7. The Morgan fingerprint density at radius 2 is 1.86 bits per heavy atom. The summed E-state index contributed by atoms with van der Waals surface area (Å²) in [5, 5.41) is 8.92. The number of carbonyl (C=O) groups excluding carboxylic acids is 1. The van der Waals surface area contributed by atoms with Gasteiger partial charge in [-0.25, -0.2) is 9.97 Å². The fourth-order valence-electron chi connectivity index (χ4n) is 4.18. The fourth-order valence-corrected chi connectivity index (χ4v) is 4.37. The number of nitrogens with one attached hydrogen (secondary N) is 2. The zero-order valence-electron chi connectivity index (χ0n) is 19.3. The Labute approximate surface area is 210 Å². The van der Waals surface area contributed by atoms with Crippen LogP contribution in [0.1, 0.15) is 19.0 Å². The predicted molar refractivity (Wildman–Crippen MR) is 139 cm³/mol. The topological polar surface area (TPSA) is 113 Å². The van der Waals surface area contributed by atoms with Crippen LogP contribution >= 0.6 is 11.6 Å². The van der Waals surface area contributed by atoms with Crippen molar-refractivity contribution >= 4 is 39.5 Å². The van der Waals surface area contributed by atoms with Gasteiger partial charge in [0.1, 0.15) is 11.5 Å². The number of Topliss-reactive ketones (excluding diaryl/α,β-unsaturated/α-hetero) is 1. The molecule has 0 amide bonds. The monoisotopic (exact) mass is 493 g/mol. The van der Waals surface area contributed by atoms with Crippen molar-refractivity contribution in [3.8, 4) is 33.8 Å². The van der Waals surface area contributed by atoms with Crippen molar-refractivity contribution in [1.82, 2.24) is 35.1 Å². The molecule has 0 bridgehead atoms. The zero-order chi connectivity index (χ0) is 24.6. The SMILES string of the molecule is CCC(=O)Cc1ccc(-c2cnc3n[nH]c(-c4nc5c(-c6cccc(Cl)c6)cncc5[nH]4)c3c2)cn1. The van der Waals surface area contributed by atoms with Crippen molar-refractivity contribution in [3.05, 3.63) is 78.0 Å². The number of nitrogens with zero attached hydrogens (tertiary/aromatic N) is 5. The van der Waals surface area contributed by atoms with Gasteiger partial charge in [0.25, 0.3) is 0 Å². The highest BCUT2D eigenvalue weighted by Crippen LogP contribution is 2.32. The number of carbonyl (C=O) groups is 1. The first kappa shape index (κ1) is 22.1. The Morgan fingerprint density at radius 1 is 0.972 bits per heavy atom. The maximum absolute atomic E-state index is 11.7. The molecule has 6 rings (SSSR count). The van der Waals surface area contributed by atoms with E-state index in [4.69, 9.17) is 16.6 Å². The van der Waals surface area contributed by atoms with Crippen molar-refractivity contribution in [2.45, 2.75) is 19.8 Å². The van der Waals surface area contributed by atoms with Crippen LogP contribution in [0.15, 0.2) is 67.3 Å². The van der Waals surface area contributed by atoms with E-state index in [1.165, 1.54) is 0 Å². The first-order valence-electron chi connectivity index (χ1n) is 11.5. The van der Waals surface area contributed by atoms with Gasteiger partial charge in [-0.2, -0.15) is 5.10 Å². The Balaban J connectivity index is 1.40. The number of imidazole rings is 1. The van der Waals surface area contributed by atoms with Crippen molar-refractivity contribution in [2.75, 3.05) is 0 Å². The average molecular weight is 494 g/mol. The number of fused-ring (bicyclic) bond motifs is 2. The molecule has 0 aliphatic rings. The molecular weight excluding hydrogens is 474 g/mol. The van der Waals surface area contributed by atoms with E-state index in [-0.39, 0.29) is 5.78 Å². The quantitative estimate of drug-likeness (QED) is 0.303. The van der Waals surface area contributed by atoms with Crippen molar-refractivity contribution < 1.29 is 4.79 Å². The number of pyridine rings is 3. The molecular formula is C27H20ClN7O. The van der Waals surface area contributed by atoms with E-state index < -0.39 is 0 Å². The summed E-state index contributed by atoms with van der Waals surface area (Å²) in [7, 11) is 0. The second-order valence-corrected chi connectivity index (χ2v) is 8.92. The Morgan fingerprint density at radius 3 is 2.67 bits per heavy atom. The number of ketones is 1. The molecule has 0 aliphatic heterocycles. The van der Waals surface area contributed by atoms with Crippen LogP contribution in [-0.2, 0) is 11.2 Å². The van der Waals surface area contributed by atoms with Crippen LogP contribution in [0.5, 0.6) is 0 Å². The standard InChI is InChI=1S/C27H20ClN7O/c1-2-20(36)10-19-7-6-16(11-30-19)17-9-21-25(34-35-26(21)31-12-17)27-32-23-14-29-13-22(24(23)33-27)15-4-3-5-18(28)8-15/h3-9,11-14H,2,10H2,1H3,(H,32,33)(H,31,34,35). The average Bonchev–Trinajstić information content (AvgIpc) is 3.52. The third-order valence-corrected chi connectivity index (χ3v) is 6.34. The van der Waals surface area contributed by atoms with Gasteiger partial charge in [-0.1, -0.05) is 36.7 Å². The molecule has 0 aliphatic carbocycles. The van der Waals surface area contributed by atoms with E-state index in [0.29, 0.717) is 29.3 Å². The molecule has 0 spiro atoms. The molecule has 2 N–H and O–H groups in total. The predicted octanol–water partition coefficient (Wildman–Crippen LogP) is 5.80. The van der Waals surface area contributed by atoms with E-state index in [0.717, 1.165) is 50.1 Å². The van der Waals surface area contributed by atoms with E-state index in [1.54, 1.807) is 24.8 Å². The summed E-state index contributed by atoms with van der Waals surface area (Å²) in [6.45, 7) is 1.86. The number of aromatic nitrogens is 7. The molecule has 9 heteroatoms. The lowest BCUT2D eigenvalue weighted by Gasteiger charge is -2.03. The molecule has 0 radical (unpaired) electrons. The van der Waals surface area contributed by atoms with Crippen LogP contribution in [0.4, 0.5) is 0 Å². The Bertz CT molecular complexity index is 1740. The number of H-pyrrole nitrogens is 2. The van der Waals surface area contributed by atoms with E-state index >= 15 is 0 Å². The number of halogens is 1. The second kappa shape index (κ2) is 8.98. The van der Waals surface area contributed by atoms with Gasteiger partial charge in [0, 0.05) is 58.8 Å². The van der Waals surface area contributed by atoms with Crippen molar-refractivity contribution in [3.63, 3.8) is 0 Å². The molecule has 36 heavy (non-hydrogen) atoms. The van der Waals surface area contributed by atoms with Gasteiger partial charge in [0.05, 0.1) is 22.6 Å². The lowest BCUT2D eigenvalue weighted by Crippen LogP contribution is -2.02. The van der Waals surface area contributed by atoms with Gasteiger partial charge in [-0.3, -0.25) is 19.9 Å². The van der Waals surface area contributed by atoms with Gasteiger partial charge in [-0.15, -0.1) is 0 Å². The molecule has 1 aromatic carbocycles. The van der Waals surface area contributed by atoms with Crippen LogP contribution < -0.4 is 0 Å². The molecule has 0 fully saturated rings. The van der Waals surface area contributed by atoms with Gasteiger partial charge < -0.3 is 4.98 Å². The molecule has 176 valence electrons. The highest BCUT2D eigenvalue weighted by Gasteiger charge is 2.16. The largest absolute Gasteiger partial charge is 0.335 e.